The highest BCUT2D eigenvalue weighted by Gasteiger charge is 2.27. The molecule has 4 heteroatoms. The predicted molar refractivity (Wildman–Crippen MR) is 76.8 cm³/mol. The zero-order valence-corrected chi connectivity index (χ0v) is 12.0. The smallest absolute Gasteiger partial charge is 0.0469 e. The molecule has 0 saturated carbocycles. The zero-order valence-electron chi connectivity index (χ0n) is 11.2. The van der Waals surface area contributed by atoms with Crippen LogP contribution < -0.4 is 5.73 Å². The van der Waals surface area contributed by atoms with Gasteiger partial charge in [-0.3, -0.25) is 4.90 Å². The van der Waals surface area contributed by atoms with Gasteiger partial charge in [0.25, 0.3) is 0 Å². The zero-order chi connectivity index (χ0) is 12.8. The Kier molecular flexibility index (Phi) is 5.63. The molecular weight excluding hydrogens is 244 g/mol. The summed E-state index contributed by atoms with van der Waals surface area (Å²) in [7, 11) is 0. The molecule has 1 atom stereocenters. The minimum atomic E-state index is 0.501. The predicted octanol–water partition coefficient (Wildman–Crippen LogP) is 2.32. The van der Waals surface area contributed by atoms with Crippen LogP contribution in [0.15, 0.2) is 17.5 Å². The molecule has 2 rings (SSSR count). The van der Waals surface area contributed by atoms with Gasteiger partial charge in [0.2, 0.25) is 0 Å². The molecule has 1 aliphatic heterocycles. The summed E-state index contributed by atoms with van der Waals surface area (Å²) in [5, 5.41) is 2.15. The van der Waals surface area contributed by atoms with Crippen molar-refractivity contribution < 1.29 is 4.74 Å². The third kappa shape index (κ3) is 3.54. The van der Waals surface area contributed by atoms with E-state index in [9.17, 15) is 0 Å². The SMILES string of the molecule is CCN(Cc1cccs1)C(CN)C1CCOCC1. The Balaban J connectivity index is 1.98. The topological polar surface area (TPSA) is 38.5 Å². The third-order valence-corrected chi connectivity index (χ3v) is 4.73. The summed E-state index contributed by atoms with van der Waals surface area (Å²) in [5.41, 5.74) is 6.03. The van der Waals surface area contributed by atoms with Crippen LogP contribution in [-0.4, -0.2) is 37.2 Å². The van der Waals surface area contributed by atoms with Crippen LogP contribution in [0.3, 0.4) is 0 Å². The molecule has 1 saturated heterocycles. The van der Waals surface area contributed by atoms with Gasteiger partial charge >= 0.3 is 0 Å². The van der Waals surface area contributed by atoms with E-state index in [-0.39, 0.29) is 0 Å². The van der Waals surface area contributed by atoms with Crippen LogP contribution in [0.25, 0.3) is 0 Å². The molecule has 0 aliphatic carbocycles. The van der Waals surface area contributed by atoms with Crippen LogP contribution in [0, 0.1) is 5.92 Å². The molecule has 102 valence electrons. The molecular formula is C14H24N2OS. The van der Waals surface area contributed by atoms with Gasteiger partial charge in [-0.2, -0.15) is 0 Å². The van der Waals surface area contributed by atoms with E-state index in [0.717, 1.165) is 45.7 Å². The van der Waals surface area contributed by atoms with E-state index >= 15 is 0 Å². The summed E-state index contributed by atoms with van der Waals surface area (Å²) in [6.07, 6.45) is 2.31. The number of rotatable bonds is 6. The van der Waals surface area contributed by atoms with Crippen LogP contribution in [-0.2, 0) is 11.3 Å². The van der Waals surface area contributed by atoms with Gasteiger partial charge in [-0.15, -0.1) is 11.3 Å². The van der Waals surface area contributed by atoms with Crippen molar-refractivity contribution in [1.82, 2.24) is 4.90 Å². The quantitative estimate of drug-likeness (QED) is 0.860. The van der Waals surface area contributed by atoms with Crippen molar-refractivity contribution >= 4 is 11.3 Å². The standard InChI is InChI=1S/C14H24N2OS/c1-2-16(11-13-4-3-9-18-13)14(10-15)12-5-7-17-8-6-12/h3-4,9,12,14H,2,5-8,10-11,15H2,1H3. The number of hydrogen-bond acceptors (Lipinski definition) is 4. The van der Waals surface area contributed by atoms with Gasteiger partial charge in [-0.05, 0) is 36.8 Å². The summed E-state index contributed by atoms with van der Waals surface area (Å²) in [4.78, 5) is 3.96. The van der Waals surface area contributed by atoms with E-state index in [1.54, 1.807) is 0 Å². The molecule has 0 bridgehead atoms. The van der Waals surface area contributed by atoms with E-state index < -0.39 is 0 Å². The Morgan fingerprint density at radius 3 is 2.83 bits per heavy atom. The molecule has 18 heavy (non-hydrogen) atoms. The first kappa shape index (κ1) is 14.0. The average Bonchev–Trinajstić information content (AvgIpc) is 2.92. The highest BCUT2D eigenvalue weighted by Crippen LogP contribution is 2.24. The molecule has 1 fully saturated rings. The lowest BCUT2D eigenvalue weighted by Gasteiger charge is -2.37. The first-order valence-corrected chi connectivity index (χ1v) is 7.77. The molecule has 0 aromatic carbocycles. The van der Waals surface area contributed by atoms with Crippen LogP contribution in [0.5, 0.6) is 0 Å². The fourth-order valence-corrected chi connectivity index (χ4v) is 3.54. The molecule has 1 aromatic rings. The van der Waals surface area contributed by atoms with Gasteiger partial charge in [0.1, 0.15) is 0 Å². The number of hydrogen-bond donors (Lipinski definition) is 1. The first-order valence-electron chi connectivity index (χ1n) is 6.89. The summed E-state index contributed by atoms with van der Waals surface area (Å²) < 4.78 is 5.46. The van der Waals surface area contributed by atoms with Crippen LogP contribution in [0.2, 0.25) is 0 Å². The van der Waals surface area contributed by atoms with E-state index in [1.807, 2.05) is 11.3 Å². The Hall–Kier alpha value is -0.420. The highest BCUT2D eigenvalue weighted by molar-refractivity contribution is 7.09. The number of likely N-dealkylation sites (N-methyl/N-ethyl adjacent to an activating group) is 1. The highest BCUT2D eigenvalue weighted by atomic mass is 32.1. The van der Waals surface area contributed by atoms with Crippen LogP contribution in [0.4, 0.5) is 0 Å². The maximum absolute atomic E-state index is 6.03. The van der Waals surface area contributed by atoms with Crippen molar-refractivity contribution in [3.05, 3.63) is 22.4 Å². The third-order valence-electron chi connectivity index (χ3n) is 3.87. The van der Waals surface area contributed by atoms with E-state index in [4.69, 9.17) is 10.5 Å². The van der Waals surface area contributed by atoms with Crippen molar-refractivity contribution in [1.29, 1.82) is 0 Å². The summed E-state index contributed by atoms with van der Waals surface area (Å²) in [5.74, 6) is 0.698. The molecule has 1 unspecified atom stereocenters. The largest absolute Gasteiger partial charge is 0.381 e. The van der Waals surface area contributed by atoms with E-state index in [0.29, 0.717) is 12.0 Å². The number of ether oxygens (including phenoxy) is 1. The average molecular weight is 268 g/mol. The van der Waals surface area contributed by atoms with Crippen molar-refractivity contribution in [2.24, 2.45) is 11.7 Å². The lowest BCUT2D eigenvalue weighted by molar-refractivity contribution is 0.0270. The second kappa shape index (κ2) is 7.24. The number of nitrogens with two attached hydrogens (primary N) is 1. The Morgan fingerprint density at radius 1 is 1.50 bits per heavy atom. The molecule has 0 spiro atoms. The minimum absolute atomic E-state index is 0.501. The lowest BCUT2D eigenvalue weighted by Crippen LogP contribution is -2.46. The fraction of sp³-hybridized carbons (Fsp3) is 0.714. The Bertz CT molecular complexity index is 323. The second-order valence-corrected chi connectivity index (χ2v) is 5.93. The monoisotopic (exact) mass is 268 g/mol. The fourth-order valence-electron chi connectivity index (χ4n) is 2.81. The molecule has 2 heterocycles. The van der Waals surface area contributed by atoms with Crippen molar-refractivity contribution in [2.45, 2.75) is 32.4 Å². The molecule has 1 aromatic heterocycles. The molecule has 3 nitrogen and oxygen atoms in total. The Morgan fingerprint density at radius 2 is 2.28 bits per heavy atom. The maximum Gasteiger partial charge on any atom is 0.0469 e. The summed E-state index contributed by atoms with van der Waals surface area (Å²) in [6.45, 7) is 6.89. The number of thiophene rings is 1. The molecule has 2 N–H and O–H groups in total. The van der Waals surface area contributed by atoms with Gasteiger partial charge in [-0.25, -0.2) is 0 Å². The van der Waals surface area contributed by atoms with Gasteiger partial charge in [-0.1, -0.05) is 13.0 Å². The second-order valence-electron chi connectivity index (χ2n) is 4.90. The van der Waals surface area contributed by atoms with E-state index in [1.165, 1.54) is 4.88 Å². The Labute approximate surface area is 114 Å². The summed E-state index contributed by atoms with van der Waals surface area (Å²) >= 11 is 1.83. The minimum Gasteiger partial charge on any atom is -0.381 e. The molecule has 0 amide bonds. The van der Waals surface area contributed by atoms with Crippen LogP contribution >= 0.6 is 11.3 Å². The van der Waals surface area contributed by atoms with Crippen molar-refractivity contribution in [3.8, 4) is 0 Å². The normalized spacial score (nSPS) is 19.3. The summed E-state index contributed by atoms with van der Waals surface area (Å²) in [6, 6.07) is 4.84. The lowest BCUT2D eigenvalue weighted by atomic mass is 9.90. The number of nitrogens with zero attached hydrogens (tertiary/aromatic N) is 1. The molecule has 1 aliphatic rings. The molecule has 0 radical (unpaired) electrons. The van der Waals surface area contributed by atoms with Gasteiger partial charge in [0.15, 0.2) is 0 Å². The van der Waals surface area contributed by atoms with Gasteiger partial charge < -0.3 is 10.5 Å². The van der Waals surface area contributed by atoms with Gasteiger partial charge in [0.05, 0.1) is 0 Å². The van der Waals surface area contributed by atoms with E-state index in [2.05, 4.69) is 29.3 Å². The maximum atomic E-state index is 6.03. The van der Waals surface area contributed by atoms with Crippen molar-refractivity contribution in [3.63, 3.8) is 0 Å². The van der Waals surface area contributed by atoms with Crippen LogP contribution in [0.1, 0.15) is 24.6 Å². The van der Waals surface area contributed by atoms with Crippen molar-refractivity contribution in [2.75, 3.05) is 26.3 Å². The first-order chi connectivity index (χ1) is 8.85. The van der Waals surface area contributed by atoms with Gasteiger partial charge in [0, 0.05) is 37.2 Å².